The van der Waals surface area contributed by atoms with Gasteiger partial charge in [0.1, 0.15) is 13.2 Å². The van der Waals surface area contributed by atoms with E-state index in [1.54, 1.807) is 0 Å². The Morgan fingerprint density at radius 3 is 1.25 bits per heavy atom. The molecule has 0 heterocycles. The summed E-state index contributed by atoms with van der Waals surface area (Å²) in [5, 5.41) is 9.64. The summed E-state index contributed by atoms with van der Waals surface area (Å²) in [4.78, 5) is 37.1. The molecule has 0 fully saturated rings. The highest BCUT2D eigenvalue weighted by molar-refractivity contribution is 5.71. The third-order valence-corrected chi connectivity index (χ3v) is 10.8. The van der Waals surface area contributed by atoms with Gasteiger partial charge in [-0.1, -0.05) is 200 Å². The number of unbranched alkanes of at least 4 members (excludes halogenated alkanes) is 14. The van der Waals surface area contributed by atoms with Crippen molar-refractivity contribution >= 4 is 17.9 Å². The minimum atomic E-state index is -1.52. The van der Waals surface area contributed by atoms with Gasteiger partial charge in [-0.2, -0.15) is 0 Å². The van der Waals surface area contributed by atoms with E-state index in [9.17, 15) is 19.5 Å². The number of esters is 2. The Hall–Kier alpha value is -4.05. The molecule has 2 atom stereocenters. The van der Waals surface area contributed by atoms with Crippen LogP contribution in [0.2, 0.25) is 0 Å². The van der Waals surface area contributed by atoms with Crippen molar-refractivity contribution in [2.75, 3.05) is 47.5 Å². The van der Waals surface area contributed by atoms with Crippen LogP contribution in [0.25, 0.3) is 0 Å². The second-order valence-electron chi connectivity index (χ2n) is 18.5. The van der Waals surface area contributed by atoms with Gasteiger partial charge in [0.2, 0.25) is 0 Å². The van der Waals surface area contributed by atoms with Crippen molar-refractivity contribution in [2.24, 2.45) is 0 Å². The lowest BCUT2D eigenvalue weighted by atomic mass is 10.1. The average Bonchev–Trinajstić information content (AvgIpc) is 3.30. The molecule has 0 saturated heterocycles. The number of carbonyl (C=O) groups excluding carboxylic acids is 2. The van der Waals surface area contributed by atoms with Gasteiger partial charge in [0.25, 0.3) is 6.29 Å². The highest BCUT2D eigenvalue weighted by Crippen LogP contribution is 2.13. The van der Waals surface area contributed by atoms with Gasteiger partial charge in [-0.05, 0) is 83.5 Å². The maximum atomic E-state index is 12.8. The first-order chi connectivity index (χ1) is 33.1. The number of allylic oxidation sites excluding steroid dienone is 18. The fourth-order valence-electron chi connectivity index (χ4n) is 6.71. The molecule has 0 aliphatic heterocycles. The molecule has 9 heteroatoms. The maximum absolute atomic E-state index is 12.8. The lowest BCUT2D eigenvalue weighted by Crippen LogP contribution is -2.40. The zero-order chi connectivity index (χ0) is 49.9. The first kappa shape index (κ1) is 64.0. The van der Waals surface area contributed by atoms with Crippen molar-refractivity contribution in [1.82, 2.24) is 0 Å². The highest BCUT2D eigenvalue weighted by atomic mass is 16.7. The summed E-state index contributed by atoms with van der Waals surface area (Å²) in [7, 11) is 5.94. The Bertz CT molecular complexity index is 1480. The first-order valence-electron chi connectivity index (χ1n) is 26.6. The molecule has 0 spiro atoms. The van der Waals surface area contributed by atoms with Crippen molar-refractivity contribution < 1.29 is 42.9 Å². The van der Waals surface area contributed by atoms with Crippen molar-refractivity contribution in [2.45, 2.75) is 200 Å². The van der Waals surface area contributed by atoms with Crippen molar-refractivity contribution in [1.29, 1.82) is 0 Å². The molecule has 0 bridgehead atoms. The summed E-state index contributed by atoms with van der Waals surface area (Å²) in [6, 6.07) is 0. The van der Waals surface area contributed by atoms with Crippen molar-refractivity contribution in [3.05, 3.63) is 109 Å². The monoisotopic (exact) mass is 949 g/mol. The van der Waals surface area contributed by atoms with Gasteiger partial charge in [0.05, 0.1) is 34.4 Å². The van der Waals surface area contributed by atoms with E-state index < -0.39 is 24.3 Å². The number of carboxylic acid groups (broad SMARTS) is 1. The molecule has 0 aromatic rings. The minimum Gasteiger partial charge on any atom is -0.477 e. The smallest absolute Gasteiger partial charge is 0.361 e. The second-order valence-corrected chi connectivity index (χ2v) is 18.5. The van der Waals surface area contributed by atoms with Crippen LogP contribution >= 0.6 is 0 Å². The molecule has 2 unspecified atom stereocenters. The average molecular weight is 949 g/mol. The van der Waals surface area contributed by atoms with E-state index in [0.717, 1.165) is 103 Å². The zero-order valence-electron chi connectivity index (χ0n) is 43.7. The number of quaternary nitrogens is 1. The van der Waals surface area contributed by atoms with Crippen LogP contribution in [0.15, 0.2) is 109 Å². The molecule has 386 valence electrons. The summed E-state index contributed by atoms with van der Waals surface area (Å²) < 4.78 is 22.7. The van der Waals surface area contributed by atoms with E-state index >= 15 is 0 Å². The molecule has 1 N–H and O–H groups in total. The van der Waals surface area contributed by atoms with Gasteiger partial charge in [-0.15, -0.1) is 0 Å². The van der Waals surface area contributed by atoms with E-state index in [1.807, 2.05) is 21.1 Å². The maximum Gasteiger partial charge on any atom is 0.361 e. The van der Waals surface area contributed by atoms with E-state index in [-0.39, 0.29) is 32.2 Å². The van der Waals surface area contributed by atoms with Crippen LogP contribution in [-0.4, -0.2) is 87.4 Å². The molecule has 0 radical (unpaired) electrons. The van der Waals surface area contributed by atoms with Gasteiger partial charge >= 0.3 is 17.9 Å². The molecular weight excluding hydrogens is 851 g/mol. The topological polar surface area (TPSA) is 108 Å². The quantitative estimate of drug-likeness (QED) is 0.0211. The lowest BCUT2D eigenvalue weighted by Gasteiger charge is -2.25. The van der Waals surface area contributed by atoms with Crippen LogP contribution in [0.4, 0.5) is 0 Å². The van der Waals surface area contributed by atoms with Crippen LogP contribution in [0, 0.1) is 0 Å². The molecule has 0 saturated carbocycles. The summed E-state index contributed by atoms with van der Waals surface area (Å²) >= 11 is 0. The fraction of sp³-hybridized carbons (Fsp3) is 0.644. The number of nitrogens with zero attached hydrogens (tertiary/aromatic N) is 1. The zero-order valence-corrected chi connectivity index (χ0v) is 43.7. The number of aliphatic carboxylic acids is 1. The molecule has 0 amide bonds. The predicted octanol–water partition coefficient (Wildman–Crippen LogP) is 15.2. The second kappa shape index (κ2) is 49.4. The van der Waals surface area contributed by atoms with E-state index in [0.29, 0.717) is 23.9 Å². The van der Waals surface area contributed by atoms with E-state index in [4.69, 9.17) is 18.9 Å². The Balaban J connectivity index is 4.17. The summed E-state index contributed by atoms with van der Waals surface area (Å²) in [6.07, 6.45) is 64.7. The molecule has 0 aromatic heterocycles. The third kappa shape index (κ3) is 49.8. The standard InChI is InChI=1S/C59H97NO8/c1-6-8-10-12-14-16-17-18-19-20-21-22-23-24-25-26-27-28-29-30-31-32-33-34-35-36-37-38-39-40-41-42-44-46-48-50-57(62)68-55(54-67-59(58(63)64)65-52-51-60(3,4)5)53-66-56(61)49-47-45-43-15-13-11-9-7-2/h8,10,14,16,18-19,21-22,24-25,27-28,30-31,33-34,36-37,55,59H,6-7,9,11-13,15,17,20,23,26,29,32,35,38-54H2,1-5H3/p+1/b10-8-,16-14-,19-18-,22-21-,25-24-,28-27-,31-30-,34-33-,37-36-. The van der Waals surface area contributed by atoms with Gasteiger partial charge in [0.15, 0.2) is 6.10 Å². The number of carboxylic acids is 1. The number of hydrogen-bond donors (Lipinski definition) is 1. The number of rotatable bonds is 47. The highest BCUT2D eigenvalue weighted by Gasteiger charge is 2.25. The molecule has 0 rings (SSSR count). The summed E-state index contributed by atoms with van der Waals surface area (Å²) in [5.41, 5.74) is 0. The molecule has 0 aromatic carbocycles. The molecule has 9 nitrogen and oxygen atoms in total. The van der Waals surface area contributed by atoms with Crippen LogP contribution in [0.1, 0.15) is 187 Å². The third-order valence-electron chi connectivity index (χ3n) is 10.8. The molecule has 0 aliphatic rings. The van der Waals surface area contributed by atoms with Gasteiger partial charge in [-0.25, -0.2) is 4.79 Å². The molecule has 68 heavy (non-hydrogen) atoms. The number of likely N-dealkylation sites (N-methyl/N-ethyl adjacent to an activating group) is 1. The molecule has 0 aliphatic carbocycles. The Labute approximate surface area is 415 Å². The number of hydrogen-bond acceptors (Lipinski definition) is 7. The summed E-state index contributed by atoms with van der Waals surface area (Å²) in [6.45, 7) is 4.68. The Morgan fingerprint density at radius 2 is 0.838 bits per heavy atom. The number of ether oxygens (including phenoxy) is 4. The SMILES string of the molecule is CC/C=C\C/C=C\C/C=C\C/C=C\C/C=C\C/C=C\C/C=C\C/C=C\C/C=C\CCCCCCCCCC(=O)OC(COC(=O)CCCCCCCCCC)COC(OCC[N+](C)(C)C)C(=O)O. The van der Waals surface area contributed by atoms with E-state index in [1.165, 1.54) is 51.4 Å². The number of carbonyl (C=O) groups is 3. The fourth-order valence-corrected chi connectivity index (χ4v) is 6.71. The van der Waals surface area contributed by atoms with Crippen LogP contribution in [0.3, 0.4) is 0 Å². The Morgan fingerprint density at radius 1 is 0.456 bits per heavy atom. The van der Waals surface area contributed by atoms with Gasteiger partial charge in [0, 0.05) is 12.8 Å². The first-order valence-corrected chi connectivity index (χ1v) is 26.6. The minimum absolute atomic E-state index is 0.181. The van der Waals surface area contributed by atoms with Crippen LogP contribution in [-0.2, 0) is 33.3 Å². The lowest BCUT2D eigenvalue weighted by molar-refractivity contribution is -0.870. The largest absolute Gasteiger partial charge is 0.477 e. The van der Waals surface area contributed by atoms with Crippen LogP contribution < -0.4 is 0 Å². The van der Waals surface area contributed by atoms with Gasteiger partial charge < -0.3 is 28.5 Å². The van der Waals surface area contributed by atoms with Crippen molar-refractivity contribution in [3.8, 4) is 0 Å². The normalized spacial score (nSPS) is 13.7. The summed E-state index contributed by atoms with van der Waals surface area (Å²) in [5.74, 6) is -2.04. The molecular formula is C59H98NO8+. The van der Waals surface area contributed by atoms with E-state index in [2.05, 4.69) is 123 Å². The predicted molar refractivity (Wildman–Crippen MR) is 285 cm³/mol. The van der Waals surface area contributed by atoms with Crippen LogP contribution in [0.5, 0.6) is 0 Å². The van der Waals surface area contributed by atoms with Gasteiger partial charge in [-0.3, -0.25) is 9.59 Å². The Kier molecular flexibility index (Phi) is 46.4. The van der Waals surface area contributed by atoms with Crippen molar-refractivity contribution in [3.63, 3.8) is 0 Å².